The monoisotopic (exact) mass is 347 g/mol. The van der Waals surface area contributed by atoms with Gasteiger partial charge in [-0.3, -0.25) is 4.79 Å². The van der Waals surface area contributed by atoms with Gasteiger partial charge < -0.3 is 14.3 Å². The number of benzene rings is 2. The number of hydrogen-bond acceptors (Lipinski definition) is 5. The first-order valence-electron chi connectivity index (χ1n) is 7.88. The Balaban J connectivity index is 1.78. The summed E-state index contributed by atoms with van der Waals surface area (Å²) in [5, 5.41) is 10.0. The van der Waals surface area contributed by atoms with Crippen LogP contribution in [0, 0.1) is 0 Å². The molecule has 2 aromatic carbocycles. The van der Waals surface area contributed by atoms with Gasteiger partial charge in [0.25, 0.3) is 0 Å². The number of carboxylic acids is 1. The van der Waals surface area contributed by atoms with Gasteiger partial charge in [-0.25, -0.2) is 9.78 Å². The van der Waals surface area contributed by atoms with Gasteiger partial charge >= 0.3 is 5.97 Å². The van der Waals surface area contributed by atoms with Crippen LogP contribution in [0.25, 0.3) is 33.1 Å². The lowest BCUT2D eigenvalue weighted by atomic mass is 10.1. The van der Waals surface area contributed by atoms with E-state index in [1.165, 1.54) is 12.3 Å². The highest BCUT2D eigenvalue weighted by atomic mass is 16.5. The Hall–Kier alpha value is -3.67. The Morgan fingerprint density at radius 3 is 2.81 bits per heavy atom. The predicted octanol–water partition coefficient (Wildman–Crippen LogP) is 3.47. The zero-order valence-corrected chi connectivity index (χ0v) is 13.5. The number of carbonyl (C=O) groups is 1. The van der Waals surface area contributed by atoms with Crippen LogP contribution in [0.15, 0.2) is 70.1 Å². The summed E-state index contributed by atoms with van der Waals surface area (Å²) < 4.78 is 10.7. The molecule has 4 aromatic rings. The van der Waals surface area contributed by atoms with E-state index in [-0.39, 0.29) is 5.43 Å². The Labute approximate surface area is 147 Å². The van der Waals surface area contributed by atoms with E-state index in [0.717, 1.165) is 10.9 Å². The summed E-state index contributed by atoms with van der Waals surface area (Å²) in [6.45, 7) is -0.463. The Morgan fingerprint density at radius 1 is 1.12 bits per heavy atom. The standard InChI is InChI=1S/C20H13NO5/c22-19(23)11-25-13-6-7-14-18(9-13)26-10-15(20(14)24)17-8-5-12-3-1-2-4-16(12)21-17/h1-10H,11H2,(H,22,23). The van der Waals surface area contributed by atoms with Crippen LogP contribution in [-0.4, -0.2) is 22.7 Å². The molecule has 0 radical (unpaired) electrons. The molecule has 0 aliphatic heterocycles. The average Bonchev–Trinajstić information content (AvgIpc) is 2.66. The van der Waals surface area contributed by atoms with E-state index in [9.17, 15) is 9.59 Å². The van der Waals surface area contributed by atoms with Gasteiger partial charge in [-0.2, -0.15) is 0 Å². The molecule has 2 heterocycles. The van der Waals surface area contributed by atoms with Gasteiger partial charge in [-0.1, -0.05) is 24.3 Å². The van der Waals surface area contributed by atoms with Crippen molar-refractivity contribution >= 4 is 27.8 Å². The molecule has 128 valence electrons. The molecule has 6 heteroatoms. The number of aromatic nitrogens is 1. The molecule has 2 aromatic heterocycles. The van der Waals surface area contributed by atoms with E-state index in [0.29, 0.717) is 28.0 Å². The number of pyridine rings is 1. The molecular formula is C20H13NO5. The first-order chi connectivity index (χ1) is 12.6. The highest BCUT2D eigenvalue weighted by molar-refractivity contribution is 5.85. The Morgan fingerprint density at radius 2 is 1.96 bits per heavy atom. The van der Waals surface area contributed by atoms with Gasteiger partial charge in [0, 0.05) is 11.5 Å². The number of hydrogen-bond donors (Lipinski definition) is 1. The third kappa shape index (κ3) is 2.88. The van der Waals surface area contributed by atoms with Gasteiger partial charge in [-0.05, 0) is 24.3 Å². The summed E-state index contributed by atoms with van der Waals surface area (Å²) in [6.07, 6.45) is 1.36. The highest BCUT2D eigenvalue weighted by Crippen LogP contribution is 2.23. The molecular weight excluding hydrogens is 334 g/mol. The predicted molar refractivity (Wildman–Crippen MR) is 96.4 cm³/mol. The lowest BCUT2D eigenvalue weighted by Gasteiger charge is -2.06. The molecule has 0 saturated heterocycles. The fraction of sp³-hybridized carbons (Fsp3) is 0.0500. The number of carboxylic acid groups (broad SMARTS) is 1. The number of fused-ring (bicyclic) bond motifs is 2. The highest BCUT2D eigenvalue weighted by Gasteiger charge is 2.12. The van der Waals surface area contributed by atoms with Gasteiger partial charge in [0.1, 0.15) is 17.6 Å². The second kappa shape index (κ2) is 6.33. The third-order valence-corrected chi connectivity index (χ3v) is 3.98. The maximum Gasteiger partial charge on any atom is 0.341 e. The van der Waals surface area contributed by atoms with E-state index in [4.69, 9.17) is 14.3 Å². The van der Waals surface area contributed by atoms with Gasteiger partial charge in [0.2, 0.25) is 5.43 Å². The number of rotatable bonds is 4. The normalized spacial score (nSPS) is 10.9. The summed E-state index contributed by atoms with van der Waals surface area (Å²) in [7, 11) is 0. The topological polar surface area (TPSA) is 89.6 Å². The van der Waals surface area contributed by atoms with Crippen LogP contribution < -0.4 is 10.2 Å². The SMILES string of the molecule is O=C(O)COc1ccc2c(=O)c(-c3ccc4ccccc4n3)coc2c1. The van der Waals surface area contributed by atoms with E-state index >= 15 is 0 Å². The van der Waals surface area contributed by atoms with Crippen molar-refractivity contribution in [3.8, 4) is 17.0 Å². The second-order valence-corrected chi connectivity index (χ2v) is 5.71. The smallest absolute Gasteiger partial charge is 0.341 e. The van der Waals surface area contributed by atoms with Crippen LogP contribution >= 0.6 is 0 Å². The molecule has 26 heavy (non-hydrogen) atoms. The molecule has 0 fully saturated rings. The number of ether oxygens (including phenoxy) is 1. The summed E-state index contributed by atoms with van der Waals surface area (Å²) in [5.74, 6) is -0.760. The van der Waals surface area contributed by atoms with E-state index in [1.807, 2.05) is 30.3 Å². The zero-order valence-electron chi connectivity index (χ0n) is 13.5. The first kappa shape index (κ1) is 15.8. The van der Waals surface area contributed by atoms with Crippen molar-refractivity contribution in [2.75, 3.05) is 6.61 Å². The van der Waals surface area contributed by atoms with Crippen molar-refractivity contribution in [3.63, 3.8) is 0 Å². The number of para-hydroxylation sites is 1. The minimum absolute atomic E-state index is 0.209. The minimum Gasteiger partial charge on any atom is -0.482 e. The van der Waals surface area contributed by atoms with Crippen LogP contribution in [-0.2, 0) is 4.79 Å². The molecule has 6 nitrogen and oxygen atoms in total. The molecule has 0 aliphatic rings. The first-order valence-corrected chi connectivity index (χ1v) is 7.88. The molecule has 0 aliphatic carbocycles. The fourth-order valence-corrected chi connectivity index (χ4v) is 2.74. The van der Waals surface area contributed by atoms with Crippen LogP contribution in [0.2, 0.25) is 0 Å². The molecule has 0 saturated carbocycles. The van der Waals surface area contributed by atoms with E-state index in [2.05, 4.69) is 4.98 Å². The number of nitrogens with zero attached hydrogens (tertiary/aromatic N) is 1. The Kier molecular flexibility index (Phi) is 3.85. The summed E-state index contributed by atoms with van der Waals surface area (Å²) >= 11 is 0. The minimum atomic E-state index is -1.08. The Bertz CT molecular complexity index is 1200. The largest absolute Gasteiger partial charge is 0.482 e. The van der Waals surface area contributed by atoms with Crippen molar-refractivity contribution in [3.05, 3.63) is 71.1 Å². The van der Waals surface area contributed by atoms with Crippen LogP contribution in [0.4, 0.5) is 0 Å². The van der Waals surface area contributed by atoms with Crippen LogP contribution in [0.1, 0.15) is 0 Å². The van der Waals surface area contributed by atoms with Crippen molar-refractivity contribution in [2.45, 2.75) is 0 Å². The summed E-state index contributed by atoms with van der Waals surface area (Å²) in [4.78, 5) is 27.9. The maximum atomic E-state index is 12.8. The van der Waals surface area contributed by atoms with Crippen molar-refractivity contribution in [1.29, 1.82) is 0 Å². The maximum absolute atomic E-state index is 12.8. The molecule has 4 rings (SSSR count). The molecule has 1 N–H and O–H groups in total. The lowest BCUT2D eigenvalue weighted by Crippen LogP contribution is -2.10. The lowest BCUT2D eigenvalue weighted by molar-refractivity contribution is -0.139. The third-order valence-electron chi connectivity index (χ3n) is 3.98. The second-order valence-electron chi connectivity index (χ2n) is 5.71. The summed E-state index contributed by atoms with van der Waals surface area (Å²) in [6, 6.07) is 15.9. The molecule has 0 unspecified atom stereocenters. The molecule has 0 spiro atoms. The van der Waals surface area contributed by atoms with Crippen LogP contribution in [0.3, 0.4) is 0 Å². The van der Waals surface area contributed by atoms with Crippen molar-refractivity contribution in [2.24, 2.45) is 0 Å². The van der Waals surface area contributed by atoms with E-state index < -0.39 is 12.6 Å². The van der Waals surface area contributed by atoms with Gasteiger partial charge in [0.15, 0.2) is 6.61 Å². The molecule has 0 atom stereocenters. The van der Waals surface area contributed by atoms with Gasteiger partial charge in [0.05, 0.1) is 22.2 Å². The molecule has 0 bridgehead atoms. The van der Waals surface area contributed by atoms with Crippen LogP contribution in [0.5, 0.6) is 5.75 Å². The fourth-order valence-electron chi connectivity index (χ4n) is 2.74. The average molecular weight is 347 g/mol. The number of aliphatic carboxylic acids is 1. The zero-order chi connectivity index (χ0) is 18.1. The quantitative estimate of drug-likeness (QED) is 0.608. The van der Waals surface area contributed by atoms with Crippen molar-refractivity contribution < 1.29 is 19.1 Å². The van der Waals surface area contributed by atoms with Crippen molar-refractivity contribution in [1.82, 2.24) is 4.98 Å². The van der Waals surface area contributed by atoms with Gasteiger partial charge in [-0.15, -0.1) is 0 Å². The van der Waals surface area contributed by atoms with E-state index in [1.54, 1.807) is 18.2 Å². The molecule has 0 amide bonds. The summed E-state index contributed by atoms with van der Waals surface area (Å²) in [5.41, 5.74) is 1.80.